The van der Waals surface area contributed by atoms with E-state index in [1.165, 1.54) is 12.4 Å². The molecule has 7 nitrogen and oxygen atoms in total. The third-order valence-electron chi connectivity index (χ3n) is 3.80. The van der Waals surface area contributed by atoms with Gasteiger partial charge in [-0.2, -0.15) is 5.10 Å². The standard InChI is InChI=1S/C12H23N5O2S/c1-11(17-7-5-16(2)6-8-17)3-4-15-20(18,19)12-9-13-14-10-12/h9-11,15H,3-8H2,1-2H3,(H,13,14). The molecule has 1 saturated heterocycles. The first-order chi connectivity index (χ1) is 9.49. The van der Waals surface area contributed by atoms with Crippen molar-refractivity contribution in [3.8, 4) is 0 Å². The van der Waals surface area contributed by atoms with Crippen molar-refractivity contribution in [1.82, 2.24) is 24.7 Å². The molecule has 2 rings (SSSR count). The molecule has 8 heteroatoms. The zero-order chi connectivity index (χ0) is 14.6. The topological polar surface area (TPSA) is 81.3 Å². The fraction of sp³-hybridized carbons (Fsp3) is 0.750. The van der Waals surface area contributed by atoms with Crippen molar-refractivity contribution < 1.29 is 8.42 Å². The molecular formula is C12H23N5O2S. The average Bonchev–Trinajstić information content (AvgIpc) is 2.94. The molecule has 0 amide bonds. The maximum atomic E-state index is 11.9. The van der Waals surface area contributed by atoms with Crippen molar-refractivity contribution in [2.45, 2.75) is 24.3 Å². The van der Waals surface area contributed by atoms with Gasteiger partial charge in [0.05, 0.1) is 6.20 Å². The monoisotopic (exact) mass is 301 g/mol. The normalized spacial score (nSPS) is 20.1. The predicted octanol–water partition coefficient (Wildman–Crippen LogP) is -0.286. The number of sulfonamides is 1. The first kappa shape index (κ1) is 15.4. The second kappa shape index (κ2) is 6.66. The average molecular weight is 301 g/mol. The number of piperazine rings is 1. The lowest BCUT2D eigenvalue weighted by Gasteiger charge is -2.36. The first-order valence-electron chi connectivity index (χ1n) is 6.90. The van der Waals surface area contributed by atoms with Crippen LogP contribution in [-0.4, -0.2) is 74.2 Å². The molecule has 114 valence electrons. The molecule has 2 heterocycles. The van der Waals surface area contributed by atoms with E-state index >= 15 is 0 Å². The van der Waals surface area contributed by atoms with Gasteiger partial charge in [0, 0.05) is 45.0 Å². The predicted molar refractivity (Wildman–Crippen MR) is 76.9 cm³/mol. The molecule has 1 unspecified atom stereocenters. The van der Waals surface area contributed by atoms with E-state index in [0.29, 0.717) is 12.6 Å². The fourth-order valence-electron chi connectivity index (χ4n) is 2.32. The van der Waals surface area contributed by atoms with Gasteiger partial charge >= 0.3 is 0 Å². The molecule has 1 atom stereocenters. The number of aromatic nitrogens is 2. The molecule has 0 aromatic carbocycles. The lowest BCUT2D eigenvalue weighted by atomic mass is 10.2. The second-order valence-electron chi connectivity index (χ2n) is 5.31. The van der Waals surface area contributed by atoms with Gasteiger partial charge in [0.2, 0.25) is 10.0 Å². The Morgan fingerprint density at radius 3 is 2.70 bits per heavy atom. The smallest absolute Gasteiger partial charge is 0.243 e. The highest BCUT2D eigenvalue weighted by Gasteiger charge is 2.20. The van der Waals surface area contributed by atoms with Gasteiger partial charge in [0.25, 0.3) is 0 Å². The highest BCUT2D eigenvalue weighted by atomic mass is 32.2. The third kappa shape index (κ3) is 4.02. The maximum Gasteiger partial charge on any atom is 0.243 e. The Morgan fingerprint density at radius 2 is 2.10 bits per heavy atom. The summed E-state index contributed by atoms with van der Waals surface area (Å²) >= 11 is 0. The SMILES string of the molecule is CC(CCNS(=O)(=O)c1cn[nH]c1)N1CCN(C)CC1. The van der Waals surface area contributed by atoms with Gasteiger partial charge in [-0.1, -0.05) is 0 Å². The van der Waals surface area contributed by atoms with Crippen LogP contribution in [0.1, 0.15) is 13.3 Å². The minimum Gasteiger partial charge on any atom is -0.304 e. The van der Waals surface area contributed by atoms with E-state index in [4.69, 9.17) is 0 Å². The van der Waals surface area contributed by atoms with Gasteiger partial charge in [-0.05, 0) is 20.4 Å². The molecule has 1 aromatic heterocycles. The Bertz CT molecular complexity index is 494. The number of nitrogens with zero attached hydrogens (tertiary/aromatic N) is 3. The summed E-state index contributed by atoms with van der Waals surface area (Å²) in [6.07, 6.45) is 3.50. The maximum absolute atomic E-state index is 11.9. The van der Waals surface area contributed by atoms with Crippen LogP contribution < -0.4 is 4.72 Å². The summed E-state index contributed by atoms with van der Waals surface area (Å²) in [6.45, 7) is 6.84. The van der Waals surface area contributed by atoms with Crippen LogP contribution in [0.25, 0.3) is 0 Å². The minimum absolute atomic E-state index is 0.185. The van der Waals surface area contributed by atoms with Crippen molar-refractivity contribution in [1.29, 1.82) is 0 Å². The van der Waals surface area contributed by atoms with Crippen LogP contribution in [0.5, 0.6) is 0 Å². The van der Waals surface area contributed by atoms with Crippen molar-refractivity contribution in [2.75, 3.05) is 39.8 Å². The van der Waals surface area contributed by atoms with Crippen molar-refractivity contribution in [3.05, 3.63) is 12.4 Å². The quantitative estimate of drug-likeness (QED) is 0.755. The molecule has 1 aliphatic heterocycles. The van der Waals surface area contributed by atoms with E-state index in [-0.39, 0.29) is 4.90 Å². The van der Waals surface area contributed by atoms with Gasteiger partial charge in [-0.15, -0.1) is 0 Å². The van der Waals surface area contributed by atoms with E-state index < -0.39 is 10.0 Å². The van der Waals surface area contributed by atoms with Crippen molar-refractivity contribution in [3.63, 3.8) is 0 Å². The number of aromatic amines is 1. The number of likely N-dealkylation sites (N-methyl/N-ethyl adjacent to an activating group) is 1. The Morgan fingerprint density at radius 1 is 1.40 bits per heavy atom. The Labute approximate surface area is 120 Å². The van der Waals surface area contributed by atoms with E-state index in [0.717, 1.165) is 32.6 Å². The van der Waals surface area contributed by atoms with Crippen LogP contribution in [0.4, 0.5) is 0 Å². The highest BCUT2D eigenvalue weighted by molar-refractivity contribution is 7.89. The van der Waals surface area contributed by atoms with Gasteiger partial charge < -0.3 is 4.90 Å². The number of rotatable bonds is 6. The van der Waals surface area contributed by atoms with Crippen LogP contribution >= 0.6 is 0 Å². The molecule has 0 saturated carbocycles. The zero-order valence-electron chi connectivity index (χ0n) is 12.0. The summed E-state index contributed by atoms with van der Waals surface area (Å²) in [5.74, 6) is 0. The van der Waals surface area contributed by atoms with Gasteiger partial charge in [-0.25, -0.2) is 13.1 Å². The van der Waals surface area contributed by atoms with Gasteiger partial charge in [0.1, 0.15) is 4.90 Å². The van der Waals surface area contributed by atoms with Crippen molar-refractivity contribution >= 4 is 10.0 Å². The summed E-state index contributed by atoms with van der Waals surface area (Å²) in [5.41, 5.74) is 0. The molecular weight excluding hydrogens is 278 g/mol. The van der Waals surface area contributed by atoms with E-state index in [1.807, 2.05) is 0 Å². The minimum atomic E-state index is -3.42. The molecule has 0 aliphatic carbocycles. The second-order valence-corrected chi connectivity index (χ2v) is 7.08. The zero-order valence-corrected chi connectivity index (χ0v) is 12.9. The molecule has 0 spiro atoms. The fourth-order valence-corrected chi connectivity index (χ4v) is 3.27. The molecule has 0 bridgehead atoms. The molecule has 1 fully saturated rings. The first-order valence-corrected chi connectivity index (χ1v) is 8.38. The van der Waals surface area contributed by atoms with Crippen LogP contribution in [0.3, 0.4) is 0 Å². The molecule has 1 aromatic rings. The summed E-state index contributed by atoms with van der Waals surface area (Å²) in [4.78, 5) is 4.90. The molecule has 1 aliphatic rings. The molecule has 2 N–H and O–H groups in total. The summed E-state index contributed by atoms with van der Waals surface area (Å²) < 4.78 is 26.4. The van der Waals surface area contributed by atoms with Gasteiger partial charge in [-0.3, -0.25) is 10.00 Å². The Kier molecular flexibility index (Phi) is 5.14. The van der Waals surface area contributed by atoms with E-state index in [1.54, 1.807) is 0 Å². The Balaban J connectivity index is 1.75. The Hall–Kier alpha value is -0.960. The largest absolute Gasteiger partial charge is 0.304 e. The van der Waals surface area contributed by atoms with Crippen LogP contribution in [0, 0.1) is 0 Å². The lowest BCUT2D eigenvalue weighted by molar-refractivity contribution is 0.115. The molecule has 20 heavy (non-hydrogen) atoms. The third-order valence-corrected chi connectivity index (χ3v) is 5.23. The van der Waals surface area contributed by atoms with Crippen LogP contribution in [0.15, 0.2) is 17.3 Å². The highest BCUT2D eigenvalue weighted by Crippen LogP contribution is 2.09. The van der Waals surface area contributed by atoms with Crippen LogP contribution in [0.2, 0.25) is 0 Å². The van der Waals surface area contributed by atoms with Crippen LogP contribution in [-0.2, 0) is 10.0 Å². The number of hydrogen-bond acceptors (Lipinski definition) is 5. The van der Waals surface area contributed by atoms with Gasteiger partial charge in [0.15, 0.2) is 0 Å². The lowest BCUT2D eigenvalue weighted by Crippen LogP contribution is -2.48. The number of hydrogen-bond donors (Lipinski definition) is 2. The summed E-state index contributed by atoms with van der Waals surface area (Å²) in [6, 6.07) is 0.385. The molecule has 0 radical (unpaired) electrons. The summed E-state index contributed by atoms with van der Waals surface area (Å²) in [5, 5.41) is 6.16. The summed E-state index contributed by atoms with van der Waals surface area (Å²) in [7, 11) is -1.30. The number of H-pyrrole nitrogens is 1. The van der Waals surface area contributed by atoms with E-state index in [9.17, 15) is 8.42 Å². The number of nitrogens with one attached hydrogen (secondary N) is 2. The van der Waals surface area contributed by atoms with Crippen molar-refractivity contribution in [2.24, 2.45) is 0 Å². The van der Waals surface area contributed by atoms with E-state index in [2.05, 4.69) is 38.7 Å².